The Morgan fingerprint density at radius 1 is 1.19 bits per heavy atom. The van der Waals surface area contributed by atoms with Gasteiger partial charge in [-0.1, -0.05) is 12.1 Å². The van der Waals surface area contributed by atoms with Crippen LogP contribution in [0.3, 0.4) is 0 Å². The molecular formula is C20H29N3O4. The average Bonchev–Trinajstić information content (AvgIpc) is 3.02. The molecule has 4 unspecified atom stereocenters. The molecule has 1 amide bonds. The van der Waals surface area contributed by atoms with Crippen LogP contribution in [0.2, 0.25) is 0 Å². The van der Waals surface area contributed by atoms with Gasteiger partial charge in [-0.05, 0) is 50.8 Å². The van der Waals surface area contributed by atoms with Crippen LogP contribution in [0.1, 0.15) is 38.8 Å². The predicted molar refractivity (Wildman–Crippen MR) is 102 cm³/mol. The largest absolute Gasteiger partial charge is 0.469 e. The topological polar surface area (TPSA) is 93.9 Å². The molecule has 4 atom stereocenters. The maximum absolute atomic E-state index is 12.4. The number of ether oxygens (including phenoxy) is 2. The first-order chi connectivity index (χ1) is 12.7. The molecule has 1 aromatic carbocycles. The van der Waals surface area contributed by atoms with E-state index in [0.29, 0.717) is 25.2 Å². The second-order valence-corrected chi connectivity index (χ2v) is 8.43. The number of benzene rings is 1. The Morgan fingerprint density at radius 3 is 2.44 bits per heavy atom. The SMILES string of the molecule is COC(=O)C1CC2CN(C(=O)OC(C)(C)C)CC2NC1c1ccc(N)cc1. The van der Waals surface area contributed by atoms with Crippen LogP contribution in [0.4, 0.5) is 10.5 Å². The van der Waals surface area contributed by atoms with Gasteiger partial charge in [-0.3, -0.25) is 4.79 Å². The van der Waals surface area contributed by atoms with E-state index >= 15 is 0 Å². The van der Waals surface area contributed by atoms with Crippen LogP contribution in [0.15, 0.2) is 24.3 Å². The molecule has 0 spiro atoms. The van der Waals surface area contributed by atoms with E-state index in [-0.39, 0.29) is 36.0 Å². The van der Waals surface area contributed by atoms with Crippen LogP contribution in [0, 0.1) is 11.8 Å². The van der Waals surface area contributed by atoms with Crippen LogP contribution < -0.4 is 11.1 Å². The quantitative estimate of drug-likeness (QED) is 0.609. The number of amides is 1. The van der Waals surface area contributed by atoms with Crippen LogP contribution in [0.5, 0.6) is 0 Å². The zero-order valence-corrected chi connectivity index (χ0v) is 16.4. The number of hydrogen-bond donors (Lipinski definition) is 2. The highest BCUT2D eigenvalue weighted by Gasteiger charge is 2.46. The molecule has 0 aromatic heterocycles. The Labute approximate surface area is 160 Å². The summed E-state index contributed by atoms with van der Waals surface area (Å²) in [5, 5.41) is 3.57. The summed E-state index contributed by atoms with van der Waals surface area (Å²) in [6.07, 6.45) is 0.357. The molecule has 0 aliphatic carbocycles. The molecule has 3 N–H and O–H groups in total. The smallest absolute Gasteiger partial charge is 0.410 e. The third kappa shape index (κ3) is 4.35. The third-order valence-corrected chi connectivity index (χ3v) is 5.24. The normalized spacial score (nSPS) is 27.8. The van der Waals surface area contributed by atoms with Gasteiger partial charge in [0, 0.05) is 30.9 Å². The van der Waals surface area contributed by atoms with Gasteiger partial charge in [0.15, 0.2) is 0 Å². The fourth-order valence-electron chi connectivity index (χ4n) is 4.00. The Balaban J connectivity index is 1.77. The van der Waals surface area contributed by atoms with Crippen molar-refractivity contribution in [3.05, 3.63) is 29.8 Å². The number of hydrogen-bond acceptors (Lipinski definition) is 6. The standard InChI is InChI=1S/C20H29N3O4/c1-20(2,3)27-19(25)23-10-13-9-15(18(24)26-4)17(22-16(13)11-23)12-5-7-14(21)8-6-12/h5-8,13,15-17,22H,9-11,21H2,1-4H3. The van der Waals surface area contributed by atoms with E-state index in [1.165, 1.54) is 7.11 Å². The minimum Gasteiger partial charge on any atom is -0.469 e. The summed E-state index contributed by atoms with van der Waals surface area (Å²) >= 11 is 0. The lowest BCUT2D eigenvalue weighted by molar-refractivity contribution is -0.148. The summed E-state index contributed by atoms with van der Waals surface area (Å²) in [5.41, 5.74) is 6.94. The number of methoxy groups -OCH3 is 1. The van der Waals surface area contributed by atoms with Crippen molar-refractivity contribution in [1.82, 2.24) is 10.2 Å². The number of nitrogens with two attached hydrogens (primary N) is 1. The molecule has 27 heavy (non-hydrogen) atoms. The van der Waals surface area contributed by atoms with Crippen molar-refractivity contribution >= 4 is 17.7 Å². The third-order valence-electron chi connectivity index (χ3n) is 5.24. The summed E-state index contributed by atoms with van der Waals surface area (Å²) in [6, 6.07) is 7.48. The molecule has 2 aliphatic heterocycles. The maximum Gasteiger partial charge on any atom is 0.410 e. The van der Waals surface area contributed by atoms with Crippen LogP contribution in [-0.4, -0.2) is 48.8 Å². The van der Waals surface area contributed by atoms with E-state index in [4.69, 9.17) is 15.2 Å². The van der Waals surface area contributed by atoms with E-state index in [2.05, 4.69) is 5.32 Å². The highest BCUT2D eigenvalue weighted by molar-refractivity contribution is 5.74. The first-order valence-corrected chi connectivity index (χ1v) is 9.35. The first kappa shape index (κ1) is 19.5. The molecule has 2 heterocycles. The number of fused-ring (bicyclic) bond motifs is 1. The molecule has 3 rings (SSSR count). The van der Waals surface area contributed by atoms with Gasteiger partial charge in [-0.2, -0.15) is 0 Å². The molecule has 2 aliphatic rings. The number of likely N-dealkylation sites (tertiary alicyclic amines) is 1. The lowest BCUT2D eigenvalue weighted by Gasteiger charge is -2.38. The average molecular weight is 375 g/mol. The Morgan fingerprint density at radius 2 is 1.85 bits per heavy atom. The summed E-state index contributed by atoms with van der Waals surface area (Å²) in [7, 11) is 1.41. The molecule has 1 aromatic rings. The molecule has 7 heteroatoms. The van der Waals surface area contributed by atoms with E-state index < -0.39 is 5.60 Å². The van der Waals surface area contributed by atoms with Crippen molar-refractivity contribution in [3.8, 4) is 0 Å². The minimum atomic E-state index is -0.528. The molecule has 148 valence electrons. The van der Waals surface area contributed by atoms with Crippen molar-refractivity contribution < 1.29 is 19.1 Å². The fraction of sp³-hybridized carbons (Fsp3) is 0.600. The Hall–Kier alpha value is -2.28. The molecular weight excluding hydrogens is 346 g/mol. The second-order valence-electron chi connectivity index (χ2n) is 8.43. The number of nitrogen functional groups attached to an aromatic ring is 1. The zero-order chi connectivity index (χ0) is 19.8. The minimum absolute atomic E-state index is 0.112. The van der Waals surface area contributed by atoms with Crippen molar-refractivity contribution in [2.45, 2.75) is 44.9 Å². The lowest BCUT2D eigenvalue weighted by atomic mass is 9.79. The van der Waals surface area contributed by atoms with Crippen molar-refractivity contribution in [2.75, 3.05) is 25.9 Å². The number of anilines is 1. The van der Waals surface area contributed by atoms with E-state index in [9.17, 15) is 9.59 Å². The van der Waals surface area contributed by atoms with E-state index in [1.807, 2.05) is 45.0 Å². The summed E-state index contributed by atoms with van der Waals surface area (Å²) in [4.78, 5) is 26.6. The summed E-state index contributed by atoms with van der Waals surface area (Å²) in [5.74, 6) is -0.358. The van der Waals surface area contributed by atoms with Crippen LogP contribution in [-0.2, 0) is 14.3 Å². The molecule has 2 saturated heterocycles. The highest BCUT2D eigenvalue weighted by Crippen LogP contribution is 2.38. The van der Waals surface area contributed by atoms with Gasteiger partial charge in [0.25, 0.3) is 0 Å². The molecule has 0 radical (unpaired) electrons. The van der Waals surface area contributed by atoms with Crippen LogP contribution in [0.25, 0.3) is 0 Å². The number of carbonyl (C=O) groups is 2. The first-order valence-electron chi connectivity index (χ1n) is 9.35. The van der Waals surface area contributed by atoms with Gasteiger partial charge in [0.05, 0.1) is 13.0 Å². The molecule has 2 fully saturated rings. The van der Waals surface area contributed by atoms with Gasteiger partial charge >= 0.3 is 12.1 Å². The van der Waals surface area contributed by atoms with Crippen molar-refractivity contribution in [1.29, 1.82) is 0 Å². The number of esters is 1. The van der Waals surface area contributed by atoms with Crippen LogP contribution >= 0.6 is 0 Å². The highest BCUT2D eigenvalue weighted by atomic mass is 16.6. The number of rotatable bonds is 2. The van der Waals surface area contributed by atoms with Gasteiger partial charge in [0.2, 0.25) is 0 Å². The number of nitrogens with one attached hydrogen (secondary N) is 1. The molecule has 0 bridgehead atoms. The monoisotopic (exact) mass is 375 g/mol. The molecule has 0 saturated carbocycles. The fourth-order valence-corrected chi connectivity index (χ4v) is 4.00. The van der Waals surface area contributed by atoms with E-state index in [1.54, 1.807) is 4.90 Å². The van der Waals surface area contributed by atoms with Crippen molar-refractivity contribution in [3.63, 3.8) is 0 Å². The second kappa shape index (κ2) is 7.38. The van der Waals surface area contributed by atoms with Crippen molar-refractivity contribution in [2.24, 2.45) is 11.8 Å². The van der Waals surface area contributed by atoms with Gasteiger partial charge in [-0.25, -0.2) is 4.79 Å². The number of carbonyl (C=O) groups excluding carboxylic acids is 2. The van der Waals surface area contributed by atoms with Gasteiger partial charge in [-0.15, -0.1) is 0 Å². The van der Waals surface area contributed by atoms with Gasteiger partial charge < -0.3 is 25.4 Å². The summed E-state index contributed by atoms with van der Waals surface area (Å²) < 4.78 is 10.5. The zero-order valence-electron chi connectivity index (χ0n) is 16.4. The maximum atomic E-state index is 12.4. The Bertz CT molecular complexity index is 698. The molecule has 7 nitrogen and oxygen atoms in total. The number of piperidine rings is 1. The lowest BCUT2D eigenvalue weighted by Crippen LogP contribution is -2.49. The van der Waals surface area contributed by atoms with E-state index in [0.717, 1.165) is 5.56 Å². The van der Waals surface area contributed by atoms with Gasteiger partial charge in [0.1, 0.15) is 5.60 Å². The number of nitrogens with zero attached hydrogens (tertiary/aromatic N) is 1. The summed E-state index contributed by atoms with van der Waals surface area (Å²) in [6.45, 7) is 6.72. The Kier molecular flexibility index (Phi) is 5.33. The predicted octanol–water partition coefficient (Wildman–Crippen LogP) is 2.33.